The van der Waals surface area contributed by atoms with E-state index in [4.69, 9.17) is 5.73 Å². The van der Waals surface area contributed by atoms with Gasteiger partial charge in [0.2, 0.25) is 17.7 Å². The fraction of sp³-hybridized carbons (Fsp3) is 0.519. The molecule has 4 N–H and O–H groups in total. The maximum atomic E-state index is 13.7. The Labute approximate surface area is 208 Å². The van der Waals surface area contributed by atoms with Gasteiger partial charge in [0.05, 0.1) is 12.6 Å². The van der Waals surface area contributed by atoms with E-state index in [1.54, 1.807) is 18.9 Å². The van der Waals surface area contributed by atoms with Gasteiger partial charge in [-0.1, -0.05) is 51.1 Å². The minimum absolute atomic E-state index is 0.115. The van der Waals surface area contributed by atoms with Gasteiger partial charge in [-0.15, -0.1) is 0 Å². The summed E-state index contributed by atoms with van der Waals surface area (Å²) < 4.78 is 0. The number of hydrogen-bond acceptors (Lipinski definition) is 5. The number of nitrogens with two attached hydrogens (primary N) is 1. The van der Waals surface area contributed by atoms with Crippen LogP contribution in [0.3, 0.4) is 0 Å². The normalized spacial score (nSPS) is 17.8. The van der Waals surface area contributed by atoms with E-state index < -0.39 is 17.5 Å². The lowest BCUT2D eigenvalue weighted by Crippen LogP contribution is -2.59. The van der Waals surface area contributed by atoms with Crippen LogP contribution in [-0.2, 0) is 14.4 Å². The van der Waals surface area contributed by atoms with E-state index in [1.165, 1.54) is 0 Å². The van der Waals surface area contributed by atoms with Crippen molar-refractivity contribution in [3.8, 4) is 0 Å². The molecule has 35 heavy (non-hydrogen) atoms. The van der Waals surface area contributed by atoms with Crippen LogP contribution in [0.1, 0.15) is 40.5 Å². The van der Waals surface area contributed by atoms with Crippen molar-refractivity contribution >= 4 is 34.2 Å². The molecule has 0 radical (unpaired) electrons. The number of nitrogens with one attached hydrogen (secondary N) is 2. The van der Waals surface area contributed by atoms with Crippen molar-refractivity contribution in [3.05, 3.63) is 42.5 Å². The number of likely N-dealkylation sites (N-methyl/N-ethyl adjacent to an activating group) is 1. The van der Waals surface area contributed by atoms with Gasteiger partial charge in [-0.3, -0.25) is 14.4 Å². The molecule has 0 aromatic heterocycles. The second-order valence-electron chi connectivity index (χ2n) is 10.4. The van der Waals surface area contributed by atoms with Crippen LogP contribution in [0, 0.1) is 5.41 Å². The van der Waals surface area contributed by atoms with Crippen molar-refractivity contribution in [2.75, 3.05) is 31.6 Å². The number of hydrogen-bond donors (Lipinski definition) is 3. The molecular weight excluding hydrogens is 442 g/mol. The van der Waals surface area contributed by atoms with E-state index in [-0.39, 0.29) is 30.3 Å². The molecule has 0 unspecified atom stereocenters. The van der Waals surface area contributed by atoms with Gasteiger partial charge >= 0.3 is 0 Å². The van der Waals surface area contributed by atoms with Gasteiger partial charge in [-0.05, 0) is 55.1 Å². The van der Waals surface area contributed by atoms with Crippen molar-refractivity contribution < 1.29 is 14.4 Å². The summed E-state index contributed by atoms with van der Waals surface area (Å²) in [5, 5.41) is 8.00. The second kappa shape index (κ2) is 11.2. The van der Waals surface area contributed by atoms with Crippen LogP contribution in [0.15, 0.2) is 42.5 Å². The van der Waals surface area contributed by atoms with Crippen LogP contribution in [0.4, 0.5) is 5.69 Å². The lowest BCUT2D eigenvalue weighted by Gasteiger charge is -2.37. The van der Waals surface area contributed by atoms with Crippen LogP contribution < -0.4 is 21.3 Å². The van der Waals surface area contributed by atoms with Gasteiger partial charge in [0, 0.05) is 24.8 Å². The lowest BCUT2D eigenvalue weighted by atomic mass is 9.85. The Bertz CT molecular complexity index is 1060. The molecular formula is C27H39N5O3. The molecule has 190 valence electrons. The number of nitrogens with zero attached hydrogens (tertiary/aromatic N) is 2. The Morgan fingerprint density at radius 2 is 1.83 bits per heavy atom. The van der Waals surface area contributed by atoms with Crippen molar-refractivity contribution in [2.45, 2.75) is 58.7 Å². The van der Waals surface area contributed by atoms with Crippen molar-refractivity contribution in [3.63, 3.8) is 0 Å². The van der Waals surface area contributed by atoms with Gasteiger partial charge in [-0.2, -0.15) is 0 Å². The molecule has 1 saturated heterocycles. The molecule has 1 aliphatic heterocycles. The monoisotopic (exact) mass is 481 g/mol. The highest BCUT2D eigenvalue weighted by Crippen LogP contribution is 2.28. The molecule has 8 heteroatoms. The Morgan fingerprint density at radius 1 is 1.14 bits per heavy atom. The summed E-state index contributed by atoms with van der Waals surface area (Å²) >= 11 is 0. The maximum absolute atomic E-state index is 13.7. The topological polar surface area (TPSA) is 108 Å². The van der Waals surface area contributed by atoms with Crippen molar-refractivity contribution in [1.82, 2.24) is 15.5 Å². The van der Waals surface area contributed by atoms with Gasteiger partial charge in [0.15, 0.2) is 0 Å². The van der Waals surface area contributed by atoms with Crippen molar-refractivity contribution in [1.29, 1.82) is 0 Å². The Balaban J connectivity index is 1.85. The minimum Gasteiger partial charge on any atom is -0.342 e. The highest BCUT2D eigenvalue weighted by Gasteiger charge is 2.40. The molecule has 0 aliphatic carbocycles. The van der Waals surface area contributed by atoms with Crippen LogP contribution in [0.2, 0.25) is 0 Å². The molecule has 1 heterocycles. The molecule has 2 aromatic carbocycles. The predicted octanol–water partition coefficient (Wildman–Crippen LogP) is 2.26. The van der Waals surface area contributed by atoms with Gasteiger partial charge in [0.25, 0.3) is 0 Å². The summed E-state index contributed by atoms with van der Waals surface area (Å²) in [6, 6.07) is 12.6. The molecule has 8 nitrogen and oxygen atoms in total. The third-order valence-corrected chi connectivity index (χ3v) is 6.80. The SMILES string of the molecule is CN[C@@H](C)C(=O)N[C@H](C(=O)N1CCC[C@H]1CN(C(=O)CN)c1ccc2ccccc2c1)C(C)(C)C. The van der Waals surface area contributed by atoms with E-state index >= 15 is 0 Å². The summed E-state index contributed by atoms with van der Waals surface area (Å²) in [5.41, 5.74) is 6.06. The summed E-state index contributed by atoms with van der Waals surface area (Å²) in [4.78, 5) is 42.8. The van der Waals surface area contributed by atoms with Gasteiger partial charge in [0.1, 0.15) is 6.04 Å². The molecule has 1 fully saturated rings. The Kier molecular flexibility index (Phi) is 8.51. The average molecular weight is 482 g/mol. The predicted molar refractivity (Wildman–Crippen MR) is 140 cm³/mol. The quantitative estimate of drug-likeness (QED) is 0.536. The smallest absolute Gasteiger partial charge is 0.246 e. The summed E-state index contributed by atoms with van der Waals surface area (Å²) in [6.45, 7) is 8.45. The zero-order valence-corrected chi connectivity index (χ0v) is 21.5. The molecule has 3 rings (SSSR count). The van der Waals surface area contributed by atoms with E-state index in [1.807, 2.05) is 68.1 Å². The average Bonchev–Trinajstić information content (AvgIpc) is 3.31. The molecule has 3 atom stereocenters. The Hall–Kier alpha value is -2.97. The first kappa shape index (κ1) is 26.6. The number of carbonyl (C=O) groups is 3. The highest BCUT2D eigenvalue weighted by atomic mass is 16.2. The molecule has 0 bridgehead atoms. The summed E-state index contributed by atoms with van der Waals surface area (Å²) in [6.07, 6.45) is 1.63. The van der Waals surface area contributed by atoms with Gasteiger partial charge in [-0.25, -0.2) is 0 Å². The molecule has 0 spiro atoms. The van der Waals surface area contributed by atoms with Crippen LogP contribution in [0.25, 0.3) is 10.8 Å². The zero-order chi connectivity index (χ0) is 25.8. The molecule has 3 amide bonds. The number of anilines is 1. The summed E-state index contributed by atoms with van der Waals surface area (Å²) in [5.74, 6) is -0.522. The standard InChI is InChI=1S/C27H39N5O3/c1-18(29-5)25(34)30-24(27(2,3)4)26(35)31-14-8-11-22(31)17-32(23(33)16-28)21-13-12-19-9-6-7-10-20(19)15-21/h6-7,9-10,12-13,15,18,22,24,29H,8,11,14,16-17,28H2,1-5H3,(H,30,34)/t18-,22-,24+/m0/s1. The number of likely N-dealkylation sites (tertiary alicyclic amines) is 1. The fourth-order valence-corrected chi connectivity index (χ4v) is 4.55. The number of rotatable bonds is 8. The number of carbonyl (C=O) groups excluding carboxylic acids is 3. The first-order chi connectivity index (χ1) is 16.6. The first-order valence-electron chi connectivity index (χ1n) is 12.3. The van der Waals surface area contributed by atoms with Crippen LogP contribution in [0.5, 0.6) is 0 Å². The second-order valence-corrected chi connectivity index (χ2v) is 10.4. The summed E-state index contributed by atoms with van der Waals surface area (Å²) in [7, 11) is 1.71. The first-order valence-corrected chi connectivity index (χ1v) is 12.3. The minimum atomic E-state index is -0.675. The third-order valence-electron chi connectivity index (χ3n) is 6.80. The van der Waals surface area contributed by atoms with Gasteiger partial charge < -0.3 is 26.2 Å². The lowest BCUT2D eigenvalue weighted by molar-refractivity contribution is -0.140. The largest absolute Gasteiger partial charge is 0.342 e. The fourth-order valence-electron chi connectivity index (χ4n) is 4.55. The molecule has 2 aromatic rings. The van der Waals surface area contributed by atoms with E-state index in [9.17, 15) is 14.4 Å². The zero-order valence-electron chi connectivity index (χ0n) is 21.5. The van der Waals surface area contributed by atoms with Crippen LogP contribution in [-0.4, -0.2) is 67.4 Å². The van der Waals surface area contributed by atoms with Crippen molar-refractivity contribution in [2.24, 2.45) is 11.1 Å². The van der Waals surface area contributed by atoms with E-state index in [2.05, 4.69) is 10.6 Å². The third kappa shape index (κ3) is 6.18. The van der Waals surface area contributed by atoms with E-state index in [0.717, 1.165) is 29.3 Å². The number of fused-ring (bicyclic) bond motifs is 1. The Morgan fingerprint density at radius 3 is 2.46 bits per heavy atom. The number of benzene rings is 2. The van der Waals surface area contributed by atoms with E-state index in [0.29, 0.717) is 13.1 Å². The molecule has 1 aliphatic rings. The number of amides is 3. The maximum Gasteiger partial charge on any atom is 0.246 e. The van der Waals surface area contributed by atoms with Crippen LogP contribution >= 0.6 is 0 Å². The molecule has 0 saturated carbocycles. The highest BCUT2D eigenvalue weighted by molar-refractivity contribution is 5.97.